The molecule has 60 heavy (non-hydrogen) atoms. The summed E-state index contributed by atoms with van der Waals surface area (Å²) in [5.74, 6) is 0.778. The number of alkyl halides is 3. The van der Waals surface area contributed by atoms with Crippen molar-refractivity contribution in [2.24, 2.45) is 0 Å². The molecule has 5 nitrogen and oxygen atoms in total. The number of hydrogen-bond donors (Lipinski definition) is 0. The van der Waals surface area contributed by atoms with Crippen LogP contribution < -0.4 is 0 Å². The number of para-hydroxylation sites is 2. The standard InChI is InChI=1S/C52H32F3N5/c53-52(54,55)43-32-38(50-56-49(35-18-8-3-9-19-35)57-51(58-50)60-44-22-12-10-20-39(44)40-21-11-13-23-45(40)60)26-29-48(43)59-46-27-24-36(33-14-4-1-5-15-33)30-41(46)42-31-37(25-28-47(42)59)34-16-6-2-7-17-34/h1-32H. The average molecular weight is 784 g/mol. The maximum atomic E-state index is 15.6. The van der Waals surface area contributed by atoms with Crippen LogP contribution in [0.4, 0.5) is 13.2 Å². The molecule has 0 fully saturated rings. The van der Waals surface area contributed by atoms with Gasteiger partial charge in [0.25, 0.3) is 0 Å². The summed E-state index contributed by atoms with van der Waals surface area (Å²) in [5, 5.41) is 3.72. The molecular weight excluding hydrogens is 752 g/mol. The van der Waals surface area contributed by atoms with E-state index in [1.54, 1.807) is 16.7 Å². The fourth-order valence-electron chi connectivity index (χ4n) is 8.45. The Morgan fingerprint density at radius 1 is 0.333 bits per heavy atom. The van der Waals surface area contributed by atoms with Gasteiger partial charge in [0.15, 0.2) is 11.6 Å². The molecule has 0 saturated carbocycles. The van der Waals surface area contributed by atoms with E-state index in [1.807, 2.05) is 168 Å². The van der Waals surface area contributed by atoms with Crippen molar-refractivity contribution in [1.29, 1.82) is 0 Å². The van der Waals surface area contributed by atoms with E-state index in [4.69, 9.17) is 15.0 Å². The molecule has 8 aromatic carbocycles. The predicted octanol–water partition coefficient (Wildman–Crippen LogP) is 13.8. The Kier molecular flexibility index (Phi) is 8.20. The topological polar surface area (TPSA) is 48.5 Å². The van der Waals surface area contributed by atoms with Crippen LogP contribution in [0.25, 0.3) is 100 Å². The van der Waals surface area contributed by atoms with Crippen LogP contribution in [0.1, 0.15) is 5.56 Å². The second kappa shape index (κ2) is 13.9. The SMILES string of the molecule is FC(F)(F)c1cc(-c2nc(-c3ccccc3)nc(-n3c4ccccc4c4ccccc43)n2)ccc1-n1c2ccc(-c3ccccc3)cc2c2cc(-c3ccccc3)ccc21. The van der Waals surface area contributed by atoms with Gasteiger partial charge in [-0.3, -0.25) is 4.57 Å². The normalized spacial score (nSPS) is 11.9. The maximum Gasteiger partial charge on any atom is 0.418 e. The molecule has 0 atom stereocenters. The van der Waals surface area contributed by atoms with E-state index in [1.165, 1.54) is 6.07 Å². The number of nitrogens with zero attached hydrogens (tertiary/aromatic N) is 5. The van der Waals surface area contributed by atoms with E-state index >= 15 is 13.2 Å². The fraction of sp³-hybridized carbons (Fsp3) is 0.0192. The van der Waals surface area contributed by atoms with Crippen molar-refractivity contribution in [2.75, 3.05) is 0 Å². The third-order valence-electron chi connectivity index (χ3n) is 11.2. The first kappa shape index (κ1) is 35.3. The first-order valence-electron chi connectivity index (χ1n) is 19.6. The van der Waals surface area contributed by atoms with E-state index in [2.05, 4.69) is 12.1 Å². The van der Waals surface area contributed by atoms with Crippen molar-refractivity contribution >= 4 is 43.6 Å². The minimum absolute atomic E-state index is 0.00568. The third-order valence-corrected chi connectivity index (χ3v) is 11.2. The molecule has 0 aliphatic rings. The van der Waals surface area contributed by atoms with Crippen LogP contribution in [0.2, 0.25) is 0 Å². The van der Waals surface area contributed by atoms with Gasteiger partial charge in [-0.15, -0.1) is 0 Å². The molecule has 0 bridgehead atoms. The zero-order valence-corrected chi connectivity index (χ0v) is 31.8. The molecule has 0 aliphatic carbocycles. The molecule has 0 N–H and O–H groups in total. The zero-order chi connectivity index (χ0) is 40.4. The summed E-state index contributed by atoms with van der Waals surface area (Å²) in [6, 6.07) is 61.7. The van der Waals surface area contributed by atoms with Gasteiger partial charge in [0.05, 0.1) is 33.3 Å². The highest BCUT2D eigenvalue weighted by molar-refractivity contribution is 6.12. The second-order valence-corrected chi connectivity index (χ2v) is 14.8. The molecule has 11 aromatic rings. The number of hydrogen-bond acceptors (Lipinski definition) is 3. The lowest BCUT2D eigenvalue weighted by molar-refractivity contribution is -0.137. The predicted molar refractivity (Wildman–Crippen MR) is 235 cm³/mol. The molecule has 286 valence electrons. The van der Waals surface area contributed by atoms with E-state index < -0.39 is 11.7 Å². The highest BCUT2D eigenvalue weighted by Gasteiger charge is 2.36. The molecule has 11 rings (SSSR count). The Hall–Kier alpha value is -7.84. The summed E-state index contributed by atoms with van der Waals surface area (Å²) in [6.45, 7) is 0. The van der Waals surface area contributed by atoms with Crippen LogP contribution in [0.3, 0.4) is 0 Å². The molecule has 0 unspecified atom stereocenters. The molecule has 0 saturated heterocycles. The van der Waals surface area contributed by atoms with E-state index in [9.17, 15) is 0 Å². The van der Waals surface area contributed by atoms with Crippen molar-refractivity contribution in [3.8, 4) is 56.7 Å². The number of rotatable bonds is 6. The number of aromatic nitrogens is 5. The highest BCUT2D eigenvalue weighted by atomic mass is 19.4. The Bertz CT molecular complexity index is 3260. The molecule has 0 spiro atoms. The van der Waals surface area contributed by atoms with Gasteiger partial charge >= 0.3 is 6.18 Å². The third kappa shape index (κ3) is 5.91. The highest BCUT2D eigenvalue weighted by Crippen LogP contribution is 2.42. The lowest BCUT2D eigenvalue weighted by Crippen LogP contribution is -2.12. The Morgan fingerprint density at radius 2 is 0.767 bits per heavy atom. The fourth-order valence-corrected chi connectivity index (χ4v) is 8.45. The first-order valence-corrected chi connectivity index (χ1v) is 19.6. The Morgan fingerprint density at radius 3 is 1.28 bits per heavy atom. The number of fused-ring (bicyclic) bond motifs is 6. The number of halogens is 3. The molecule has 3 heterocycles. The van der Waals surface area contributed by atoms with E-state index in [0.29, 0.717) is 28.4 Å². The summed E-state index contributed by atoms with van der Waals surface area (Å²) in [4.78, 5) is 14.7. The molecule has 0 amide bonds. The Labute approximate surface area is 342 Å². The Balaban J connectivity index is 1.14. The molecule has 0 radical (unpaired) electrons. The average Bonchev–Trinajstić information content (AvgIpc) is 3.81. The summed E-state index contributed by atoms with van der Waals surface area (Å²) < 4.78 is 50.6. The quantitative estimate of drug-likeness (QED) is 0.169. The van der Waals surface area contributed by atoms with Crippen LogP contribution in [0.5, 0.6) is 0 Å². The van der Waals surface area contributed by atoms with Crippen LogP contribution in [-0.2, 0) is 6.18 Å². The largest absolute Gasteiger partial charge is 0.418 e. The van der Waals surface area contributed by atoms with Gasteiger partial charge in [0, 0.05) is 32.7 Å². The van der Waals surface area contributed by atoms with Crippen molar-refractivity contribution in [3.05, 3.63) is 200 Å². The van der Waals surface area contributed by atoms with Crippen LogP contribution in [0.15, 0.2) is 194 Å². The van der Waals surface area contributed by atoms with Gasteiger partial charge in [0.2, 0.25) is 5.95 Å². The maximum absolute atomic E-state index is 15.6. The molecule has 3 aromatic heterocycles. The van der Waals surface area contributed by atoms with Crippen molar-refractivity contribution in [2.45, 2.75) is 6.18 Å². The van der Waals surface area contributed by atoms with Gasteiger partial charge < -0.3 is 4.57 Å². The van der Waals surface area contributed by atoms with Gasteiger partial charge in [0.1, 0.15) is 0 Å². The smallest absolute Gasteiger partial charge is 0.309 e. The van der Waals surface area contributed by atoms with E-state index in [0.717, 1.165) is 54.8 Å². The number of benzene rings is 8. The summed E-state index contributed by atoms with van der Waals surface area (Å²) in [7, 11) is 0. The summed E-state index contributed by atoms with van der Waals surface area (Å²) in [5.41, 5.74) is 7.18. The first-order chi connectivity index (χ1) is 29.4. The molecular formula is C52H32F3N5. The second-order valence-electron chi connectivity index (χ2n) is 14.8. The van der Waals surface area contributed by atoms with Gasteiger partial charge in [-0.1, -0.05) is 140 Å². The lowest BCUT2D eigenvalue weighted by Gasteiger charge is -2.18. The summed E-state index contributed by atoms with van der Waals surface area (Å²) >= 11 is 0. The van der Waals surface area contributed by atoms with Crippen LogP contribution in [-0.4, -0.2) is 24.1 Å². The van der Waals surface area contributed by atoms with Crippen LogP contribution in [0, 0.1) is 0 Å². The van der Waals surface area contributed by atoms with E-state index in [-0.39, 0.29) is 17.1 Å². The molecule has 0 aliphatic heterocycles. The summed E-state index contributed by atoms with van der Waals surface area (Å²) in [6.07, 6.45) is -4.73. The van der Waals surface area contributed by atoms with Crippen molar-refractivity contribution in [1.82, 2.24) is 24.1 Å². The van der Waals surface area contributed by atoms with Gasteiger partial charge in [-0.05, 0) is 76.9 Å². The van der Waals surface area contributed by atoms with Crippen molar-refractivity contribution < 1.29 is 13.2 Å². The lowest BCUT2D eigenvalue weighted by atomic mass is 10.0. The van der Waals surface area contributed by atoms with Gasteiger partial charge in [-0.2, -0.15) is 23.1 Å². The molecule has 8 heteroatoms. The monoisotopic (exact) mass is 783 g/mol. The zero-order valence-electron chi connectivity index (χ0n) is 31.8. The minimum atomic E-state index is -4.73. The minimum Gasteiger partial charge on any atom is -0.309 e. The van der Waals surface area contributed by atoms with Gasteiger partial charge in [-0.25, -0.2) is 4.98 Å². The van der Waals surface area contributed by atoms with Crippen molar-refractivity contribution in [3.63, 3.8) is 0 Å². The van der Waals surface area contributed by atoms with Crippen LogP contribution >= 0.6 is 0 Å².